The summed E-state index contributed by atoms with van der Waals surface area (Å²) in [4.78, 5) is 0. The van der Waals surface area contributed by atoms with Gasteiger partial charge in [-0.05, 0) is 61.3 Å². The zero-order valence-corrected chi connectivity index (χ0v) is 11.8. The molecule has 0 aliphatic heterocycles. The van der Waals surface area contributed by atoms with E-state index in [2.05, 4.69) is 30.4 Å². The standard InChI is InChI=1S/C16H22ClN/c1-2-9-18-16(11-5-3-6-12(17)10-11)15-13-7-4-8-14(13)15/h3,5-6,10,13-16,18H,2,4,7-9H2,1H3. The van der Waals surface area contributed by atoms with Crippen molar-refractivity contribution in [3.8, 4) is 0 Å². The number of hydrogen-bond donors (Lipinski definition) is 1. The average Bonchev–Trinajstić information content (AvgIpc) is 2.84. The molecule has 1 N–H and O–H groups in total. The van der Waals surface area contributed by atoms with E-state index in [1.54, 1.807) is 0 Å². The van der Waals surface area contributed by atoms with Gasteiger partial charge in [0.25, 0.3) is 0 Å². The summed E-state index contributed by atoms with van der Waals surface area (Å²) in [5.74, 6) is 2.83. The summed E-state index contributed by atoms with van der Waals surface area (Å²) >= 11 is 6.14. The van der Waals surface area contributed by atoms with E-state index in [9.17, 15) is 0 Å². The van der Waals surface area contributed by atoms with Crippen molar-refractivity contribution in [2.75, 3.05) is 6.54 Å². The van der Waals surface area contributed by atoms with E-state index in [1.807, 2.05) is 6.07 Å². The normalized spacial score (nSPS) is 31.1. The Morgan fingerprint density at radius 2 is 2.11 bits per heavy atom. The third-order valence-corrected chi connectivity index (χ3v) is 4.91. The minimum absolute atomic E-state index is 0.527. The van der Waals surface area contributed by atoms with Gasteiger partial charge in [0.2, 0.25) is 0 Å². The molecule has 2 fully saturated rings. The second-order valence-corrected chi connectivity index (χ2v) is 6.26. The highest BCUT2D eigenvalue weighted by Gasteiger charge is 2.55. The molecular weight excluding hydrogens is 242 g/mol. The highest BCUT2D eigenvalue weighted by molar-refractivity contribution is 6.30. The number of fused-ring (bicyclic) bond motifs is 1. The second-order valence-electron chi connectivity index (χ2n) is 5.82. The van der Waals surface area contributed by atoms with Crippen molar-refractivity contribution < 1.29 is 0 Å². The van der Waals surface area contributed by atoms with Crippen LogP contribution in [0.4, 0.5) is 0 Å². The van der Waals surface area contributed by atoms with E-state index in [4.69, 9.17) is 11.6 Å². The van der Waals surface area contributed by atoms with Crippen LogP contribution in [0.3, 0.4) is 0 Å². The maximum absolute atomic E-state index is 6.14. The molecule has 0 spiro atoms. The van der Waals surface area contributed by atoms with Crippen LogP contribution in [0.2, 0.25) is 5.02 Å². The van der Waals surface area contributed by atoms with Gasteiger partial charge < -0.3 is 5.32 Å². The second kappa shape index (κ2) is 5.22. The summed E-state index contributed by atoms with van der Waals surface area (Å²) in [5.41, 5.74) is 1.38. The molecule has 0 radical (unpaired) electrons. The summed E-state index contributed by atoms with van der Waals surface area (Å²) < 4.78 is 0. The Bertz CT molecular complexity index is 407. The zero-order valence-electron chi connectivity index (χ0n) is 11.0. The lowest BCUT2D eigenvalue weighted by Gasteiger charge is -2.21. The van der Waals surface area contributed by atoms with E-state index in [-0.39, 0.29) is 0 Å². The Morgan fingerprint density at radius 3 is 2.78 bits per heavy atom. The topological polar surface area (TPSA) is 12.0 Å². The van der Waals surface area contributed by atoms with Crippen LogP contribution in [-0.4, -0.2) is 6.54 Å². The van der Waals surface area contributed by atoms with Gasteiger partial charge in [-0.1, -0.05) is 37.1 Å². The molecule has 0 amide bonds. The number of rotatable bonds is 5. The molecule has 18 heavy (non-hydrogen) atoms. The monoisotopic (exact) mass is 263 g/mol. The molecule has 3 atom stereocenters. The average molecular weight is 264 g/mol. The third kappa shape index (κ3) is 2.31. The Kier molecular flexibility index (Phi) is 3.63. The minimum Gasteiger partial charge on any atom is -0.310 e. The van der Waals surface area contributed by atoms with Crippen LogP contribution < -0.4 is 5.32 Å². The minimum atomic E-state index is 0.527. The molecule has 2 aliphatic rings. The highest BCUT2D eigenvalue weighted by atomic mass is 35.5. The van der Waals surface area contributed by atoms with E-state index < -0.39 is 0 Å². The molecule has 1 aromatic rings. The molecule has 0 heterocycles. The molecule has 0 aromatic heterocycles. The van der Waals surface area contributed by atoms with Crippen LogP contribution in [0.1, 0.15) is 44.2 Å². The number of halogens is 1. The van der Waals surface area contributed by atoms with Crippen LogP contribution in [0.5, 0.6) is 0 Å². The van der Waals surface area contributed by atoms with Crippen molar-refractivity contribution >= 4 is 11.6 Å². The van der Waals surface area contributed by atoms with Gasteiger partial charge >= 0.3 is 0 Å². The molecule has 1 nitrogen and oxygen atoms in total. The molecule has 1 aromatic carbocycles. The quantitative estimate of drug-likeness (QED) is 0.829. The van der Waals surface area contributed by atoms with Crippen LogP contribution in [0.15, 0.2) is 24.3 Å². The first-order valence-corrected chi connectivity index (χ1v) is 7.68. The molecular formula is C16H22ClN. The predicted octanol–water partition coefficient (Wildman–Crippen LogP) is 4.43. The summed E-state index contributed by atoms with van der Waals surface area (Å²) in [5, 5.41) is 4.61. The van der Waals surface area contributed by atoms with Crippen LogP contribution in [0, 0.1) is 17.8 Å². The predicted molar refractivity (Wildman–Crippen MR) is 76.8 cm³/mol. The lowest BCUT2D eigenvalue weighted by molar-refractivity contribution is 0.417. The number of hydrogen-bond acceptors (Lipinski definition) is 1. The Labute approximate surface area is 115 Å². The van der Waals surface area contributed by atoms with Gasteiger partial charge in [0.1, 0.15) is 0 Å². The molecule has 3 unspecified atom stereocenters. The Hall–Kier alpha value is -0.530. The lowest BCUT2D eigenvalue weighted by atomic mass is 9.97. The van der Waals surface area contributed by atoms with E-state index >= 15 is 0 Å². The Morgan fingerprint density at radius 1 is 1.33 bits per heavy atom. The van der Waals surface area contributed by atoms with E-state index in [1.165, 1.54) is 31.2 Å². The summed E-state index contributed by atoms with van der Waals surface area (Å²) in [6, 6.07) is 8.95. The largest absolute Gasteiger partial charge is 0.310 e. The zero-order chi connectivity index (χ0) is 12.5. The first-order valence-electron chi connectivity index (χ1n) is 7.30. The molecule has 3 rings (SSSR count). The molecule has 2 heteroatoms. The van der Waals surface area contributed by atoms with Crippen LogP contribution >= 0.6 is 11.6 Å². The number of benzene rings is 1. The maximum Gasteiger partial charge on any atom is 0.0409 e. The fraction of sp³-hybridized carbons (Fsp3) is 0.625. The van der Waals surface area contributed by atoms with Crippen molar-refractivity contribution in [3.05, 3.63) is 34.9 Å². The molecule has 2 saturated carbocycles. The van der Waals surface area contributed by atoms with Gasteiger partial charge in [0.05, 0.1) is 0 Å². The third-order valence-electron chi connectivity index (χ3n) is 4.68. The highest BCUT2D eigenvalue weighted by Crippen LogP contribution is 2.62. The fourth-order valence-corrected chi connectivity index (χ4v) is 4.05. The van der Waals surface area contributed by atoms with E-state index in [0.717, 1.165) is 29.3 Å². The van der Waals surface area contributed by atoms with Crippen molar-refractivity contribution in [1.29, 1.82) is 0 Å². The first-order chi connectivity index (χ1) is 8.81. The number of nitrogens with one attached hydrogen (secondary N) is 1. The van der Waals surface area contributed by atoms with Crippen molar-refractivity contribution in [3.63, 3.8) is 0 Å². The summed E-state index contributed by atoms with van der Waals surface area (Å²) in [6.07, 6.45) is 5.53. The molecule has 0 bridgehead atoms. The van der Waals surface area contributed by atoms with E-state index in [0.29, 0.717) is 6.04 Å². The van der Waals surface area contributed by atoms with Crippen molar-refractivity contribution in [1.82, 2.24) is 5.32 Å². The van der Waals surface area contributed by atoms with Gasteiger partial charge in [-0.25, -0.2) is 0 Å². The van der Waals surface area contributed by atoms with Crippen LogP contribution in [-0.2, 0) is 0 Å². The fourth-order valence-electron chi connectivity index (χ4n) is 3.85. The SMILES string of the molecule is CCCNC(c1cccc(Cl)c1)C1C2CCCC21. The Balaban J connectivity index is 1.77. The summed E-state index contributed by atoms with van der Waals surface area (Å²) in [7, 11) is 0. The lowest BCUT2D eigenvalue weighted by Crippen LogP contribution is -2.25. The van der Waals surface area contributed by atoms with Gasteiger partial charge in [0.15, 0.2) is 0 Å². The van der Waals surface area contributed by atoms with Gasteiger partial charge in [-0.2, -0.15) is 0 Å². The van der Waals surface area contributed by atoms with Crippen molar-refractivity contribution in [2.24, 2.45) is 17.8 Å². The summed E-state index contributed by atoms with van der Waals surface area (Å²) in [6.45, 7) is 3.34. The first kappa shape index (κ1) is 12.5. The molecule has 0 saturated heterocycles. The molecule has 2 aliphatic carbocycles. The van der Waals surface area contributed by atoms with Crippen LogP contribution in [0.25, 0.3) is 0 Å². The van der Waals surface area contributed by atoms with Gasteiger partial charge in [0, 0.05) is 11.1 Å². The molecule has 98 valence electrons. The van der Waals surface area contributed by atoms with Gasteiger partial charge in [-0.15, -0.1) is 0 Å². The van der Waals surface area contributed by atoms with Crippen molar-refractivity contribution in [2.45, 2.75) is 38.6 Å². The smallest absolute Gasteiger partial charge is 0.0409 e. The maximum atomic E-state index is 6.14. The van der Waals surface area contributed by atoms with Gasteiger partial charge in [-0.3, -0.25) is 0 Å².